The van der Waals surface area contributed by atoms with Crippen LogP contribution >= 0.6 is 0 Å². The molecule has 3 unspecified atom stereocenters. The number of carbonyl (C=O) groups excluding carboxylic acids is 1. The third kappa shape index (κ3) is 3.68. The summed E-state index contributed by atoms with van der Waals surface area (Å²) in [6.07, 6.45) is 6.58. The van der Waals surface area contributed by atoms with Gasteiger partial charge in [0, 0.05) is 0 Å². The van der Waals surface area contributed by atoms with E-state index >= 15 is 0 Å². The van der Waals surface area contributed by atoms with Crippen molar-refractivity contribution in [1.82, 2.24) is 0 Å². The lowest BCUT2D eigenvalue weighted by Gasteiger charge is -2.30. The number of carbonyl (C=O) groups is 1. The standard InChI is InChI=1S/C12H20O5S/c13-12(17-6-7-18(14,15)16)11-5-4-9-2-1-3-10(9)8-11/h9-11H,1-8H2,(H,14,15,16). The Balaban J connectivity index is 1.76. The Hall–Kier alpha value is -0.620. The van der Waals surface area contributed by atoms with Crippen LogP contribution in [-0.4, -0.2) is 31.3 Å². The van der Waals surface area contributed by atoms with Crippen molar-refractivity contribution in [3.05, 3.63) is 0 Å². The van der Waals surface area contributed by atoms with Crippen molar-refractivity contribution in [3.8, 4) is 0 Å². The highest BCUT2D eigenvalue weighted by Crippen LogP contribution is 2.44. The van der Waals surface area contributed by atoms with Gasteiger partial charge in [0.1, 0.15) is 12.4 Å². The molecule has 0 bridgehead atoms. The molecule has 6 heteroatoms. The highest BCUT2D eigenvalue weighted by atomic mass is 32.2. The van der Waals surface area contributed by atoms with Gasteiger partial charge in [-0.3, -0.25) is 9.35 Å². The van der Waals surface area contributed by atoms with Crippen LogP contribution in [0.4, 0.5) is 0 Å². The molecule has 2 aliphatic carbocycles. The van der Waals surface area contributed by atoms with Gasteiger partial charge in [0.2, 0.25) is 0 Å². The van der Waals surface area contributed by atoms with Gasteiger partial charge < -0.3 is 4.74 Å². The first-order chi connectivity index (χ1) is 8.46. The molecule has 18 heavy (non-hydrogen) atoms. The zero-order valence-electron chi connectivity index (χ0n) is 10.4. The van der Waals surface area contributed by atoms with E-state index in [-0.39, 0.29) is 18.5 Å². The molecule has 0 saturated heterocycles. The normalized spacial score (nSPS) is 31.9. The first-order valence-electron chi connectivity index (χ1n) is 6.57. The second-order valence-electron chi connectivity index (χ2n) is 5.41. The molecule has 0 aromatic heterocycles. The summed E-state index contributed by atoms with van der Waals surface area (Å²) in [7, 11) is -4.04. The monoisotopic (exact) mass is 276 g/mol. The van der Waals surface area contributed by atoms with E-state index in [2.05, 4.69) is 0 Å². The van der Waals surface area contributed by atoms with E-state index in [1.165, 1.54) is 19.3 Å². The zero-order valence-corrected chi connectivity index (χ0v) is 11.2. The zero-order chi connectivity index (χ0) is 13.2. The van der Waals surface area contributed by atoms with Gasteiger partial charge in [-0.2, -0.15) is 8.42 Å². The second kappa shape index (κ2) is 5.57. The quantitative estimate of drug-likeness (QED) is 0.623. The van der Waals surface area contributed by atoms with Crippen LogP contribution in [0.25, 0.3) is 0 Å². The summed E-state index contributed by atoms with van der Waals surface area (Å²) in [5.74, 6) is 0.539. The van der Waals surface area contributed by atoms with Crippen LogP contribution in [0.1, 0.15) is 38.5 Å². The predicted octanol–water partition coefficient (Wildman–Crippen LogP) is 1.63. The van der Waals surface area contributed by atoms with Crippen LogP contribution < -0.4 is 0 Å². The number of rotatable bonds is 4. The molecule has 2 rings (SSSR count). The lowest BCUT2D eigenvalue weighted by molar-refractivity contribution is -0.149. The molecule has 5 nitrogen and oxygen atoms in total. The number of hydrogen-bond acceptors (Lipinski definition) is 4. The van der Waals surface area contributed by atoms with E-state index < -0.39 is 15.9 Å². The van der Waals surface area contributed by atoms with E-state index in [1.807, 2.05) is 0 Å². The van der Waals surface area contributed by atoms with Gasteiger partial charge in [-0.15, -0.1) is 0 Å². The fourth-order valence-corrected chi connectivity index (χ4v) is 3.58. The topological polar surface area (TPSA) is 80.7 Å². The van der Waals surface area contributed by atoms with Crippen molar-refractivity contribution >= 4 is 16.1 Å². The first kappa shape index (κ1) is 13.8. The Morgan fingerprint density at radius 2 is 1.89 bits per heavy atom. The first-order valence-corrected chi connectivity index (χ1v) is 8.18. The minimum atomic E-state index is -4.04. The fourth-order valence-electron chi connectivity index (χ4n) is 3.28. The third-order valence-corrected chi connectivity index (χ3v) is 4.89. The van der Waals surface area contributed by atoms with Crippen molar-refractivity contribution in [1.29, 1.82) is 0 Å². The molecule has 0 aromatic carbocycles. The predicted molar refractivity (Wildman–Crippen MR) is 65.5 cm³/mol. The highest BCUT2D eigenvalue weighted by molar-refractivity contribution is 7.85. The molecule has 0 aromatic rings. The van der Waals surface area contributed by atoms with Crippen LogP contribution in [0, 0.1) is 17.8 Å². The van der Waals surface area contributed by atoms with Gasteiger partial charge in [-0.05, 0) is 31.1 Å². The number of fused-ring (bicyclic) bond motifs is 1. The molecule has 0 radical (unpaired) electrons. The average Bonchev–Trinajstić information content (AvgIpc) is 2.73. The molecule has 104 valence electrons. The van der Waals surface area contributed by atoms with Gasteiger partial charge in [-0.1, -0.05) is 19.3 Å². The summed E-state index contributed by atoms with van der Waals surface area (Å²) in [6.45, 7) is -0.248. The van der Waals surface area contributed by atoms with E-state index in [0.29, 0.717) is 5.92 Å². The largest absolute Gasteiger partial charge is 0.464 e. The molecule has 2 aliphatic rings. The minimum Gasteiger partial charge on any atom is -0.464 e. The Bertz CT molecular complexity index is 403. The van der Waals surface area contributed by atoms with Crippen LogP contribution in [0.2, 0.25) is 0 Å². The summed E-state index contributed by atoms with van der Waals surface area (Å²) in [5, 5.41) is 0. The minimum absolute atomic E-state index is 0.0780. The van der Waals surface area contributed by atoms with E-state index in [4.69, 9.17) is 9.29 Å². The summed E-state index contributed by atoms with van der Waals surface area (Å²) in [6, 6.07) is 0. The van der Waals surface area contributed by atoms with Crippen molar-refractivity contribution < 1.29 is 22.5 Å². The summed E-state index contributed by atoms with van der Waals surface area (Å²) in [5.41, 5.74) is 0. The number of hydrogen-bond donors (Lipinski definition) is 1. The molecule has 3 atom stereocenters. The van der Waals surface area contributed by atoms with Crippen LogP contribution in [0.15, 0.2) is 0 Å². The lowest BCUT2D eigenvalue weighted by atomic mass is 9.76. The molecule has 0 amide bonds. The second-order valence-corrected chi connectivity index (χ2v) is 6.99. The lowest BCUT2D eigenvalue weighted by Crippen LogP contribution is -2.28. The van der Waals surface area contributed by atoms with Gasteiger partial charge in [0.25, 0.3) is 10.1 Å². The molecule has 0 aliphatic heterocycles. The van der Waals surface area contributed by atoms with Crippen molar-refractivity contribution in [2.45, 2.75) is 38.5 Å². The summed E-state index contributed by atoms with van der Waals surface area (Å²) < 4.78 is 34.5. The number of ether oxygens (including phenoxy) is 1. The van der Waals surface area contributed by atoms with E-state index in [1.54, 1.807) is 0 Å². The molecule has 2 saturated carbocycles. The molecule has 0 spiro atoms. The molecule has 0 heterocycles. The average molecular weight is 276 g/mol. The highest BCUT2D eigenvalue weighted by Gasteiger charge is 2.36. The third-order valence-electron chi connectivity index (χ3n) is 4.21. The summed E-state index contributed by atoms with van der Waals surface area (Å²) >= 11 is 0. The Morgan fingerprint density at radius 1 is 1.17 bits per heavy atom. The van der Waals surface area contributed by atoms with Crippen molar-refractivity contribution in [2.24, 2.45) is 17.8 Å². The Labute approximate surface area is 108 Å². The fraction of sp³-hybridized carbons (Fsp3) is 0.917. The van der Waals surface area contributed by atoms with Gasteiger partial charge in [0.15, 0.2) is 0 Å². The maximum atomic E-state index is 11.8. The Kier molecular flexibility index (Phi) is 4.27. The SMILES string of the molecule is O=C(OCCS(=O)(=O)O)C1CCC2CCCC2C1. The Morgan fingerprint density at radius 3 is 2.61 bits per heavy atom. The molecular formula is C12H20O5S. The smallest absolute Gasteiger partial charge is 0.308 e. The maximum absolute atomic E-state index is 11.8. The van der Waals surface area contributed by atoms with E-state index in [9.17, 15) is 13.2 Å². The van der Waals surface area contributed by atoms with Crippen LogP contribution in [-0.2, 0) is 19.6 Å². The van der Waals surface area contributed by atoms with Gasteiger partial charge in [0.05, 0.1) is 5.92 Å². The van der Waals surface area contributed by atoms with Gasteiger partial charge >= 0.3 is 5.97 Å². The summed E-state index contributed by atoms with van der Waals surface area (Å²) in [4.78, 5) is 11.8. The van der Waals surface area contributed by atoms with Crippen molar-refractivity contribution in [2.75, 3.05) is 12.4 Å². The number of esters is 1. The van der Waals surface area contributed by atoms with E-state index in [0.717, 1.165) is 25.2 Å². The molecule has 2 fully saturated rings. The van der Waals surface area contributed by atoms with Gasteiger partial charge in [-0.25, -0.2) is 0 Å². The van der Waals surface area contributed by atoms with Crippen LogP contribution in [0.3, 0.4) is 0 Å². The maximum Gasteiger partial charge on any atom is 0.308 e. The molecule has 1 N–H and O–H groups in total. The van der Waals surface area contributed by atoms with Crippen LogP contribution in [0.5, 0.6) is 0 Å². The van der Waals surface area contributed by atoms with Crippen molar-refractivity contribution in [3.63, 3.8) is 0 Å². The molecular weight excluding hydrogens is 256 g/mol.